The molecule has 1 amide bonds. The molecule has 0 aliphatic heterocycles. The molecule has 3 aromatic heterocycles. The van der Waals surface area contributed by atoms with Crippen LogP contribution in [0.5, 0.6) is 0 Å². The number of nitrogens with zero attached hydrogens (tertiary/aromatic N) is 4. The Morgan fingerprint density at radius 3 is 2.59 bits per heavy atom. The zero-order chi connectivity index (χ0) is 26.5. The predicted octanol–water partition coefficient (Wildman–Crippen LogP) is 4.30. The van der Waals surface area contributed by atoms with Crippen LogP contribution in [-0.4, -0.2) is 45.6 Å². The summed E-state index contributed by atoms with van der Waals surface area (Å²) < 4.78 is 13.7. The molecular weight excluding hydrogens is 519 g/mol. The van der Waals surface area contributed by atoms with Crippen molar-refractivity contribution in [3.63, 3.8) is 0 Å². The van der Waals surface area contributed by atoms with Gasteiger partial charge < -0.3 is 14.0 Å². The molecular formula is C26H24Cl2N4O5. The second kappa shape index (κ2) is 11.7. The summed E-state index contributed by atoms with van der Waals surface area (Å²) in [5, 5.41) is 0.658. The van der Waals surface area contributed by atoms with Gasteiger partial charge in [0, 0.05) is 31.0 Å². The van der Waals surface area contributed by atoms with Gasteiger partial charge in [-0.3, -0.25) is 14.0 Å². The van der Waals surface area contributed by atoms with Crippen molar-refractivity contribution in [3.8, 4) is 0 Å². The largest absolute Gasteiger partial charge is 0.462 e. The molecule has 0 radical (unpaired) electrons. The number of rotatable bonds is 8. The van der Waals surface area contributed by atoms with E-state index in [1.165, 1.54) is 28.7 Å². The van der Waals surface area contributed by atoms with E-state index in [4.69, 9.17) is 32.7 Å². The van der Waals surface area contributed by atoms with Crippen molar-refractivity contribution in [1.29, 1.82) is 0 Å². The molecule has 0 spiro atoms. The number of esters is 1. The first-order valence-corrected chi connectivity index (χ1v) is 12.4. The van der Waals surface area contributed by atoms with Crippen LogP contribution in [0.3, 0.4) is 0 Å². The lowest BCUT2D eigenvalue weighted by atomic mass is 10.2. The fourth-order valence-electron chi connectivity index (χ4n) is 3.86. The molecule has 0 N–H and O–H groups in total. The number of benzene rings is 1. The zero-order valence-electron chi connectivity index (χ0n) is 20.2. The Morgan fingerprint density at radius 1 is 1.05 bits per heavy atom. The molecule has 0 saturated heterocycles. The Balaban J connectivity index is 2.06. The molecule has 4 rings (SSSR count). The average molecular weight is 543 g/mol. The third kappa shape index (κ3) is 5.58. The van der Waals surface area contributed by atoms with Gasteiger partial charge in [0.05, 0.1) is 22.6 Å². The molecule has 0 fully saturated rings. The Labute approximate surface area is 221 Å². The molecule has 4 aromatic rings. The first-order chi connectivity index (χ1) is 17.8. The predicted molar refractivity (Wildman–Crippen MR) is 140 cm³/mol. The van der Waals surface area contributed by atoms with Gasteiger partial charge in [0.15, 0.2) is 5.49 Å². The van der Waals surface area contributed by atoms with E-state index < -0.39 is 11.9 Å². The Hall–Kier alpha value is -3.53. The minimum Gasteiger partial charge on any atom is -0.462 e. The van der Waals surface area contributed by atoms with Crippen molar-refractivity contribution in [2.45, 2.75) is 26.8 Å². The third-order valence-corrected chi connectivity index (χ3v) is 6.08. The van der Waals surface area contributed by atoms with Crippen molar-refractivity contribution >= 4 is 51.8 Å². The summed E-state index contributed by atoms with van der Waals surface area (Å²) in [5.74, 6) is -1.42. The molecule has 11 heteroatoms. The number of hydrogen-bond donors (Lipinski definition) is 0. The lowest BCUT2D eigenvalue weighted by Crippen LogP contribution is -2.33. The summed E-state index contributed by atoms with van der Waals surface area (Å²) in [4.78, 5) is 48.6. The van der Waals surface area contributed by atoms with Crippen LogP contribution in [0, 0.1) is 0 Å². The number of carbonyl (C=O) groups is 2. The fourth-order valence-corrected chi connectivity index (χ4v) is 4.35. The van der Waals surface area contributed by atoms with Gasteiger partial charge in [-0.25, -0.2) is 9.78 Å². The monoisotopic (exact) mass is 542 g/mol. The number of ether oxygens (including phenoxy) is 2. The quantitative estimate of drug-likeness (QED) is 0.187. The van der Waals surface area contributed by atoms with Crippen LogP contribution >= 0.6 is 23.2 Å². The topological polar surface area (TPSA) is 104 Å². The van der Waals surface area contributed by atoms with Crippen molar-refractivity contribution in [1.82, 2.24) is 14.0 Å². The van der Waals surface area contributed by atoms with Crippen LogP contribution < -0.4 is 11.0 Å². The van der Waals surface area contributed by atoms with E-state index in [1.54, 1.807) is 35.9 Å². The van der Waals surface area contributed by atoms with Gasteiger partial charge in [-0.15, -0.1) is 0 Å². The van der Waals surface area contributed by atoms with Crippen molar-refractivity contribution in [3.05, 3.63) is 85.7 Å². The van der Waals surface area contributed by atoms with Crippen LogP contribution in [0.4, 0.5) is 0 Å². The van der Waals surface area contributed by atoms with Gasteiger partial charge >= 0.3 is 5.97 Å². The molecule has 0 aliphatic carbocycles. The summed E-state index contributed by atoms with van der Waals surface area (Å²) >= 11 is 12.2. The van der Waals surface area contributed by atoms with Crippen LogP contribution in [0.1, 0.15) is 41.0 Å². The first kappa shape index (κ1) is 26.5. The summed E-state index contributed by atoms with van der Waals surface area (Å²) in [7, 11) is 0. The number of aromatic nitrogens is 3. The second-order valence-electron chi connectivity index (χ2n) is 7.93. The van der Waals surface area contributed by atoms with E-state index in [0.29, 0.717) is 30.3 Å². The standard InChI is InChI=1S/C26H24Cl2N4O5/c1-3-36-13-7-12-32-22-18(25(34)31-11-6-5-8-21(31)29-22)15-19(26(35)37-4-2)23(32)30-24(33)17-10-9-16(27)14-20(17)28/h5-6,8-11,14-15H,3-4,7,12-13H2,1-2H3. The molecule has 0 unspecified atom stereocenters. The van der Waals surface area contributed by atoms with E-state index in [-0.39, 0.29) is 51.4 Å². The van der Waals surface area contributed by atoms with Crippen molar-refractivity contribution in [2.24, 2.45) is 4.99 Å². The van der Waals surface area contributed by atoms with Crippen molar-refractivity contribution < 1.29 is 19.1 Å². The van der Waals surface area contributed by atoms with E-state index in [0.717, 1.165) is 0 Å². The van der Waals surface area contributed by atoms with E-state index in [9.17, 15) is 14.4 Å². The number of amides is 1. The van der Waals surface area contributed by atoms with Crippen LogP contribution in [0.15, 0.2) is 58.4 Å². The summed E-state index contributed by atoms with van der Waals surface area (Å²) in [6.07, 6.45) is 2.10. The smallest absolute Gasteiger partial charge is 0.341 e. The first-order valence-electron chi connectivity index (χ1n) is 11.7. The van der Waals surface area contributed by atoms with Gasteiger partial charge in [0.25, 0.3) is 11.5 Å². The minimum atomic E-state index is -0.728. The molecule has 0 bridgehead atoms. The molecule has 0 aliphatic rings. The highest BCUT2D eigenvalue weighted by atomic mass is 35.5. The van der Waals surface area contributed by atoms with E-state index >= 15 is 0 Å². The number of hydrogen-bond acceptors (Lipinski definition) is 6. The summed E-state index contributed by atoms with van der Waals surface area (Å²) in [6.45, 7) is 4.84. The van der Waals surface area contributed by atoms with Crippen LogP contribution in [-0.2, 0) is 16.0 Å². The number of halogens is 2. The van der Waals surface area contributed by atoms with Crippen LogP contribution in [0.2, 0.25) is 10.0 Å². The molecule has 1 aromatic carbocycles. The molecule has 3 heterocycles. The maximum absolute atomic E-state index is 13.4. The Bertz CT molecular complexity index is 1630. The molecule has 9 nitrogen and oxygen atoms in total. The molecule has 37 heavy (non-hydrogen) atoms. The number of pyridine rings is 2. The minimum absolute atomic E-state index is 0.00523. The van der Waals surface area contributed by atoms with Gasteiger partial charge in [0.1, 0.15) is 16.9 Å². The molecule has 0 saturated carbocycles. The normalized spacial score (nSPS) is 11.8. The second-order valence-corrected chi connectivity index (χ2v) is 8.77. The van der Waals surface area contributed by atoms with Crippen LogP contribution in [0.25, 0.3) is 16.7 Å². The van der Waals surface area contributed by atoms with Gasteiger partial charge in [0.2, 0.25) is 0 Å². The maximum atomic E-state index is 13.4. The highest BCUT2D eigenvalue weighted by Crippen LogP contribution is 2.22. The fraction of sp³-hybridized carbons (Fsp3) is 0.269. The van der Waals surface area contributed by atoms with E-state index in [2.05, 4.69) is 9.98 Å². The third-order valence-electron chi connectivity index (χ3n) is 5.53. The SMILES string of the molecule is CCOCCCn1c(=NC(=O)c2ccc(Cl)cc2Cl)c(C(=O)OCC)cc2c(=O)n3ccccc3nc21. The number of fused-ring (bicyclic) bond motifs is 2. The number of carbonyl (C=O) groups excluding carboxylic acids is 2. The highest BCUT2D eigenvalue weighted by molar-refractivity contribution is 6.36. The lowest BCUT2D eigenvalue weighted by molar-refractivity contribution is 0.0523. The Morgan fingerprint density at radius 2 is 1.86 bits per heavy atom. The molecule has 192 valence electrons. The van der Waals surface area contributed by atoms with Gasteiger partial charge in [-0.1, -0.05) is 29.3 Å². The van der Waals surface area contributed by atoms with Gasteiger partial charge in [-0.2, -0.15) is 4.99 Å². The summed E-state index contributed by atoms with van der Waals surface area (Å²) in [6, 6.07) is 11.0. The highest BCUT2D eigenvalue weighted by Gasteiger charge is 2.21. The van der Waals surface area contributed by atoms with E-state index in [1.807, 2.05) is 6.92 Å². The Kier molecular flexibility index (Phi) is 8.38. The molecule has 0 atom stereocenters. The summed E-state index contributed by atoms with van der Waals surface area (Å²) in [5.41, 5.74) is 0.372. The maximum Gasteiger partial charge on any atom is 0.341 e. The zero-order valence-corrected chi connectivity index (χ0v) is 21.8. The lowest BCUT2D eigenvalue weighted by Gasteiger charge is -2.15. The van der Waals surface area contributed by atoms with Gasteiger partial charge in [-0.05, 0) is 56.7 Å². The van der Waals surface area contributed by atoms with Crippen molar-refractivity contribution in [2.75, 3.05) is 19.8 Å². The number of aryl methyl sites for hydroxylation is 1. The average Bonchev–Trinajstić information content (AvgIpc) is 2.87.